The molecule has 0 rings (SSSR count). The van der Waals surface area contributed by atoms with Gasteiger partial charge in [0.05, 0.1) is 14.1 Å². The van der Waals surface area contributed by atoms with Crippen LogP contribution in [-0.2, 0) is 9.53 Å². The lowest BCUT2D eigenvalue weighted by Crippen LogP contribution is -3.00. The number of quaternary nitrogens is 1. The Bertz CT molecular complexity index is 294. The third-order valence-corrected chi connectivity index (χ3v) is 1.56. The van der Waals surface area contributed by atoms with Gasteiger partial charge in [-0.1, -0.05) is 5.92 Å². The van der Waals surface area contributed by atoms with E-state index in [0.717, 1.165) is 0 Å². The average Bonchev–Trinajstić information content (AvgIpc) is 2.11. The van der Waals surface area contributed by atoms with Crippen LogP contribution in [0.3, 0.4) is 0 Å². The maximum absolute atomic E-state index is 11.2. The molecule has 0 saturated heterocycles. The van der Waals surface area contributed by atoms with Gasteiger partial charge in [-0.15, -0.1) is 12.3 Å². The number of ether oxygens (including phenoxy) is 1. The zero-order chi connectivity index (χ0) is 11.0. The van der Waals surface area contributed by atoms with Crippen molar-refractivity contribution in [2.75, 3.05) is 33.8 Å². The summed E-state index contributed by atoms with van der Waals surface area (Å²) >= 11 is 0. The number of hydrogen-bond donors (Lipinski definition) is 0. The molecule has 3 nitrogen and oxygen atoms in total. The van der Waals surface area contributed by atoms with Gasteiger partial charge in [-0.05, 0) is 12.8 Å². The van der Waals surface area contributed by atoms with Crippen molar-refractivity contribution in [2.24, 2.45) is 0 Å². The molecule has 0 aromatic heterocycles. The lowest BCUT2D eigenvalue weighted by Gasteiger charge is -2.25. The van der Waals surface area contributed by atoms with Gasteiger partial charge in [0.15, 0.2) is 13.2 Å². The molecule has 0 amide bonds. The maximum Gasteiger partial charge on any atom is 0.362 e. The van der Waals surface area contributed by atoms with Crippen LogP contribution >= 0.6 is 0 Å². The highest BCUT2D eigenvalue weighted by Gasteiger charge is 2.19. The van der Waals surface area contributed by atoms with Crippen molar-refractivity contribution < 1.29 is 31.0 Å². The van der Waals surface area contributed by atoms with Crippen LogP contribution in [-0.4, -0.2) is 44.2 Å². The molecule has 0 fully saturated rings. The first-order valence-corrected chi connectivity index (χ1v) is 4.32. The van der Waals surface area contributed by atoms with E-state index in [-0.39, 0.29) is 36.1 Å². The summed E-state index contributed by atoms with van der Waals surface area (Å²) in [5, 5.41) is 0. The van der Waals surface area contributed by atoms with Gasteiger partial charge in [0, 0.05) is 0 Å². The van der Waals surface area contributed by atoms with Crippen LogP contribution in [0.25, 0.3) is 0 Å². The van der Waals surface area contributed by atoms with Crippen molar-refractivity contribution in [3.8, 4) is 24.2 Å². The lowest BCUT2D eigenvalue weighted by atomic mass is 10.4. The van der Waals surface area contributed by atoms with E-state index < -0.39 is 0 Å². The molecule has 84 valence electrons. The zero-order valence-corrected chi connectivity index (χ0v) is 10.9. The molecule has 0 radical (unpaired) electrons. The minimum Gasteiger partial charge on any atom is -1.00 e. The number of terminal acetylenes is 1. The second-order valence-electron chi connectivity index (χ2n) is 3.54. The normalized spacial score (nSPS) is 8.93. The summed E-state index contributed by atoms with van der Waals surface area (Å²) in [5.74, 6) is 7.68. The first-order valence-electron chi connectivity index (χ1n) is 4.32. The van der Waals surface area contributed by atoms with E-state index in [9.17, 15) is 4.79 Å². The summed E-state index contributed by atoms with van der Waals surface area (Å²) in [7, 11) is 3.84. The van der Waals surface area contributed by atoms with Gasteiger partial charge in [0.25, 0.3) is 0 Å². The summed E-state index contributed by atoms with van der Waals surface area (Å²) in [4.78, 5) is 11.2. The number of esters is 1. The molecular formula is C11H16BrNO2. The Morgan fingerprint density at radius 3 is 2.53 bits per heavy atom. The minimum atomic E-state index is -0.286. The average molecular weight is 274 g/mol. The van der Waals surface area contributed by atoms with Gasteiger partial charge < -0.3 is 26.2 Å². The van der Waals surface area contributed by atoms with E-state index in [1.165, 1.54) is 0 Å². The lowest BCUT2D eigenvalue weighted by molar-refractivity contribution is -0.875. The Hall–Kier alpha value is -0.970. The van der Waals surface area contributed by atoms with Crippen molar-refractivity contribution in [1.82, 2.24) is 0 Å². The van der Waals surface area contributed by atoms with Gasteiger partial charge in [-0.3, -0.25) is 0 Å². The van der Waals surface area contributed by atoms with E-state index in [2.05, 4.69) is 17.8 Å². The van der Waals surface area contributed by atoms with E-state index in [0.29, 0.717) is 11.0 Å². The molecule has 0 aromatic carbocycles. The van der Waals surface area contributed by atoms with Crippen LogP contribution in [0.2, 0.25) is 0 Å². The Labute approximate surface area is 102 Å². The van der Waals surface area contributed by atoms with Gasteiger partial charge in [0.1, 0.15) is 6.54 Å². The Balaban J connectivity index is 0. The van der Waals surface area contributed by atoms with Gasteiger partial charge in [-0.25, -0.2) is 4.79 Å². The van der Waals surface area contributed by atoms with Gasteiger partial charge in [0.2, 0.25) is 0 Å². The van der Waals surface area contributed by atoms with Crippen molar-refractivity contribution >= 4 is 5.97 Å². The van der Waals surface area contributed by atoms with Crippen molar-refractivity contribution in [1.29, 1.82) is 0 Å². The summed E-state index contributed by atoms with van der Waals surface area (Å²) in [5.41, 5.74) is 0. The Morgan fingerprint density at radius 1 is 1.47 bits per heavy atom. The molecular weight excluding hydrogens is 258 g/mol. The molecule has 0 aliphatic heterocycles. The number of carbonyl (C=O) groups excluding carboxylic acids is 1. The van der Waals surface area contributed by atoms with E-state index in [1.54, 1.807) is 6.92 Å². The standard InChI is InChI=1S/C11H16NO2.BrH/c1-5-7-8-12(3,4)10-11(13)14-9-6-2;/h2H,8-10H2,1,3-4H3;1H/q+1;/p-1. The minimum absolute atomic E-state index is 0. The number of nitrogens with zero attached hydrogens (tertiary/aromatic N) is 1. The number of likely N-dealkylation sites (N-methyl/N-ethyl adjacent to an activating group) is 1. The fourth-order valence-corrected chi connectivity index (χ4v) is 0.866. The van der Waals surface area contributed by atoms with E-state index in [1.807, 2.05) is 14.1 Å². The highest BCUT2D eigenvalue weighted by Crippen LogP contribution is 1.96. The van der Waals surface area contributed by atoms with Gasteiger partial charge >= 0.3 is 5.97 Å². The molecule has 4 heteroatoms. The summed E-state index contributed by atoms with van der Waals surface area (Å²) in [6.07, 6.45) is 4.97. The molecule has 0 spiro atoms. The highest BCUT2D eigenvalue weighted by molar-refractivity contribution is 5.70. The van der Waals surface area contributed by atoms with Gasteiger partial charge in [-0.2, -0.15) is 0 Å². The molecule has 0 heterocycles. The predicted molar refractivity (Wildman–Crippen MR) is 55.1 cm³/mol. The van der Waals surface area contributed by atoms with Crippen molar-refractivity contribution in [2.45, 2.75) is 6.92 Å². The fourth-order valence-electron chi connectivity index (χ4n) is 0.866. The van der Waals surface area contributed by atoms with E-state index >= 15 is 0 Å². The summed E-state index contributed by atoms with van der Waals surface area (Å²) in [6, 6.07) is 0. The fraction of sp³-hybridized carbons (Fsp3) is 0.545. The SMILES string of the molecule is C#CCOC(=O)C[N+](C)(C)CC#CC.[Br-]. The Morgan fingerprint density at radius 2 is 2.07 bits per heavy atom. The predicted octanol–water partition coefficient (Wildman–Crippen LogP) is -2.73. The van der Waals surface area contributed by atoms with Crippen molar-refractivity contribution in [3.05, 3.63) is 0 Å². The number of hydrogen-bond acceptors (Lipinski definition) is 2. The van der Waals surface area contributed by atoms with E-state index in [4.69, 9.17) is 11.2 Å². The molecule has 0 saturated carbocycles. The second-order valence-corrected chi connectivity index (χ2v) is 3.54. The smallest absolute Gasteiger partial charge is 0.362 e. The molecule has 0 aromatic rings. The Kier molecular flexibility index (Phi) is 9.16. The number of carbonyl (C=O) groups is 1. The third kappa shape index (κ3) is 9.34. The van der Waals surface area contributed by atoms with Crippen LogP contribution in [0.5, 0.6) is 0 Å². The monoisotopic (exact) mass is 273 g/mol. The van der Waals surface area contributed by atoms with Crippen LogP contribution in [0, 0.1) is 24.2 Å². The second kappa shape index (κ2) is 8.35. The zero-order valence-electron chi connectivity index (χ0n) is 9.34. The molecule has 0 aliphatic rings. The number of halogens is 1. The number of rotatable bonds is 4. The third-order valence-electron chi connectivity index (χ3n) is 1.56. The quantitative estimate of drug-likeness (QED) is 0.316. The molecule has 0 atom stereocenters. The van der Waals surface area contributed by atoms with Crippen LogP contribution < -0.4 is 17.0 Å². The molecule has 0 N–H and O–H groups in total. The molecule has 0 bridgehead atoms. The highest BCUT2D eigenvalue weighted by atomic mass is 79.9. The maximum atomic E-state index is 11.2. The van der Waals surface area contributed by atoms with Crippen LogP contribution in [0.4, 0.5) is 0 Å². The first kappa shape index (κ1) is 16.5. The summed E-state index contributed by atoms with van der Waals surface area (Å²) < 4.78 is 5.26. The largest absolute Gasteiger partial charge is 1.00 e. The topological polar surface area (TPSA) is 26.3 Å². The molecule has 0 unspecified atom stereocenters. The van der Waals surface area contributed by atoms with Crippen LogP contribution in [0.1, 0.15) is 6.92 Å². The first-order chi connectivity index (χ1) is 6.52. The summed E-state index contributed by atoms with van der Waals surface area (Å²) in [6.45, 7) is 2.73. The van der Waals surface area contributed by atoms with Crippen molar-refractivity contribution in [3.63, 3.8) is 0 Å². The van der Waals surface area contributed by atoms with Crippen LogP contribution in [0.15, 0.2) is 0 Å². The molecule has 0 aliphatic carbocycles. The molecule has 15 heavy (non-hydrogen) atoms.